The standard InChI is InChI=1S/C19H31N3O3/c1-5-17(21-15-7-6-8-16(13-15)24-4)18(23)20-14-19(2,3)22-9-11-25-12-10-22/h6-8,13,17,21H,5,9-12,14H2,1-4H3,(H,20,23)/t17-/m1/s1. The smallest absolute Gasteiger partial charge is 0.242 e. The number of nitrogens with zero attached hydrogens (tertiary/aromatic N) is 1. The molecule has 1 aliphatic heterocycles. The Morgan fingerprint density at radius 1 is 1.36 bits per heavy atom. The number of hydrogen-bond acceptors (Lipinski definition) is 5. The van der Waals surface area contributed by atoms with Crippen molar-refractivity contribution in [3.05, 3.63) is 24.3 Å². The van der Waals surface area contributed by atoms with Gasteiger partial charge in [0.15, 0.2) is 0 Å². The summed E-state index contributed by atoms with van der Waals surface area (Å²) in [6.45, 7) is 10.3. The minimum atomic E-state index is -0.271. The molecule has 1 fully saturated rings. The van der Waals surface area contributed by atoms with Gasteiger partial charge in [-0.2, -0.15) is 0 Å². The molecule has 0 radical (unpaired) electrons. The molecule has 0 bridgehead atoms. The van der Waals surface area contributed by atoms with Crippen LogP contribution in [0.15, 0.2) is 24.3 Å². The van der Waals surface area contributed by atoms with Gasteiger partial charge in [0.25, 0.3) is 0 Å². The van der Waals surface area contributed by atoms with Crippen LogP contribution >= 0.6 is 0 Å². The van der Waals surface area contributed by atoms with Gasteiger partial charge in [-0.25, -0.2) is 0 Å². The summed E-state index contributed by atoms with van der Waals surface area (Å²) in [5.41, 5.74) is 0.794. The number of carbonyl (C=O) groups excluding carboxylic acids is 1. The molecule has 1 saturated heterocycles. The van der Waals surface area contributed by atoms with Crippen LogP contribution in [0.25, 0.3) is 0 Å². The molecular formula is C19H31N3O3. The Morgan fingerprint density at radius 3 is 2.72 bits per heavy atom. The summed E-state index contributed by atoms with van der Waals surface area (Å²) in [4.78, 5) is 15.0. The van der Waals surface area contributed by atoms with E-state index in [2.05, 4.69) is 29.4 Å². The number of ether oxygens (including phenoxy) is 2. The summed E-state index contributed by atoms with van der Waals surface area (Å²) in [5.74, 6) is 0.792. The number of hydrogen-bond donors (Lipinski definition) is 2. The zero-order chi connectivity index (χ0) is 18.3. The van der Waals surface area contributed by atoms with Crippen molar-refractivity contribution >= 4 is 11.6 Å². The molecule has 140 valence electrons. The molecule has 2 rings (SSSR count). The Morgan fingerprint density at radius 2 is 2.08 bits per heavy atom. The van der Waals surface area contributed by atoms with Gasteiger partial charge in [-0.15, -0.1) is 0 Å². The Labute approximate surface area is 150 Å². The van der Waals surface area contributed by atoms with E-state index in [1.54, 1.807) is 7.11 Å². The van der Waals surface area contributed by atoms with Crippen molar-refractivity contribution in [1.82, 2.24) is 10.2 Å². The molecule has 1 aliphatic rings. The monoisotopic (exact) mass is 349 g/mol. The van der Waals surface area contributed by atoms with E-state index in [1.807, 2.05) is 31.2 Å². The second kappa shape index (κ2) is 9.06. The third-order valence-corrected chi connectivity index (χ3v) is 4.70. The van der Waals surface area contributed by atoms with E-state index >= 15 is 0 Å². The predicted octanol–water partition coefficient (Wildman–Crippen LogP) is 2.11. The molecule has 1 heterocycles. The van der Waals surface area contributed by atoms with E-state index in [0.717, 1.165) is 37.7 Å². The fourth-order valence-corrected chi connectivity index (χ4v) is 2.97. The molecule has 2 N–H and O–H groups in total. The van der Waals surface area contributed by atoms with Crippen LogP contribution in [0.3, 0.4) is 0 Å². The minimum Gasteiger partial charge on any atom is -0.497 e. The summed E-state index contributed by atoms with van der Waals surface area (Å²) >= 11 is 0. The van der Waals surface area contributed by atoms with Crippen LogP contribution in [0, 0.1) is 0 Å². The maximum Gasteiger partial charge on any atom is 0.242 e. The second-order valence-electron chi connectivity index (χ2n) is 6.97. The normalized spacial score (nSPS) is 17.0. The Bertz CT molecular complexity index is 557. The fourth-order valence-electron chi connectivity index (χ4n) is 2.97. The minimum absolute atomic E-state index is 0.0201. The van der Waals surface area contributed by atoms with Crippen LogP contribution in [-0.2, 0) is 9.53 Å². The highest BCUT2D eigenvalue weighted by Crippen LogP contribution is 2.19. The van der Waals surface area contributed by atoms with Gasteiger partial charge in [0.05, 0.1) is 20.3 Å². The van der Waals surface area contributed by atoms with E-state index in [-0.39, 0.29) is 17.5 Å². The van der Waals surface area contributed by atoms with Crippen LogP contribution in [-0.4, -0.2) is 62.3 Å². The number of rotatable bonds is 8. The lowest BCUT2D eigenvalue weighted by Gasteiger charge is -2.41. The molecule has 1 aromatic rings. The summed E-state index contributed by atoms with van der Waals surface area (Å²) in [7, 11) is 1.64. The molecule has 0 unspecified atom stereocenters. The first kappa shape index (κ1) is 19.5. The molecule has 1 atom stereocenters. The van der Waals surface area contributed by atoms with Crippen molar-refractivity contribution < 1.29 is 14.3 Å². The van der Waals surface area contributed by atoms with Crippen LogP contribution in [0.2, 0.25) is 0 Å². The number of anilines is 1. The third kappa shape index (κ3) is 5.61. The molecule has 1 amide bonds. The van der Waals surface area contributed by atoms with Gasteiger partial charge < -0.3 is 20.1 Å². The number of morpholine rings is 1. The van der Waals surface area contributed by atoms with Gasteiger partial charge >= 0.3 is 0 Å². The van der Waals surface area contributed by atoms with Gasteiger partial charge in [-0.3, -0.25) is 9.69 Å². The summed E-state index contributed by atoms with van der Waals surface area (Å²) in [6.07, 6.45) is 0.709. The third-order valence-electron chi connectivity index (χ3n) is 4.70. The summed E-state index contributed by atoms with van der Waals surface area (Å²) < 4.78 is 10.6. The molecule has 6 nitrogen and oxygen atoms in total. The lowest BCUT2D eigenvalue weighted by Crippen LogP contribution is -2.56. The predicted molar refractivity (Wildman–Crippen MR) is 100 cm³/mol. The first-order valence-corrected chi connectivity index (χ1v) is 8.97. The lowest BCUT2D eigenvalue weighted by atomic mass is 10.0. The quantitative estimate of drug-likeness (QED) is 0.753. The maximum atomic E-state index is 12.6. The summed E-state index contributed by atoms with van der Waals surface area (Å²) in [5, 5.41) is 6.40. The Hall–Kier alpha value is -1.79. The van der Waals surface area contributed by atoms with Crippen LogP contribution < -0.4 is 15.4 Å². The second-order valence-corrected chi connectivity index (χ2v) is 6.97. The van der Waals surface area contributed by atoms with Crippen LogP contribution in [0.1, 0.15) is 27.2 Å². The lowest BCUT2D eigenvalue weighted by molar-refractivity contribution is -0.122. The largest absolute Gasteiger partial charge is 0.497 e. The van der Waals surface area contributed by atoms with Gasteiger partial charge in [0.2, 0.25) is 5.91 Å². The average Bonchev–Trinajstić information content (AvgIpc) is 2.65. The fraction of sp³-hybridized carbons (Fsp3) is 0.632. The number of amides is 1. The molecule has 0 aromatic heterocycles. The van der Waals surface area contributed by atoms with Crippen molar-refractivity contribution in [2.75, 3.05) is 45.3 Å². The zero-order valence-corrected chi connectivity index (χ0v) is 15.8. The molecule has 6 heteroatoms. The van der Waals surface area contributed by atoms with Crippen molar-refractivity contribution in [2.45, 2.75) is 38.8 Å². The zero-order valence-electron chi connectivity index (χ0n) is 15.8. The van der Waals surface area contributed by atoms with Crippen molar-refractivity contribution in [2.24, 2.45) is 0 Å². The highest BCUT2D eigenvalue weighted by atomic mass is 16.5. The number of carbonyl (C=O) groups is 1. The molecule has 0 spiro atoms. The van der Waals surface area contributed by atoms with E-state index in [9.17, 15) is 4.79 Å². The molecule has 25 heavy (non-hydrogen) atoms. The van der Waals surface area contributed by atoms with Crippen LogP contribution in [0.5, 0.6) is 5.75 Å². The van der Waals surface area contributed by atoms with E-state index in [0.29, 0.717) is 13.0 Å². The summed E-state index contributed by atoms with van der Waals surface area (Å²) in [6, 6.07) is 7.36. The molecule has 0 saturated carbocycles. The Balaban J connectivity index is 1.90. The van der Waals surface area contributed by atoms with E-state index < -0.39 is 0 Å². The topological polar surface area (TPSA) is 62.8 Å². The van der Waals surface area contributed by atoms with Crippen molar-refractivity contribution in [3.8, 4) is 5.75 Å². The first-order valence-electron chi connectivity index (χ1n) is 8.97. The van der Waals surface area contributed by atoms with Crippen molar-refractivity contribution in [3.63, 3.8) is 0 Å². The maximum absolute atomic E-state index is 12.6. The van der Waals surface area contributed by atoms with Crippen molar-refractivity contribution in [1.29, 1.82) is 0 Å². The van der Waals surface area contributed by atoms with Crippen LogP contribution in [0.4, 0.5) is 5.69 Å². The number of methoxy groups -OCH3 is 1. The van der Waals surface area contributed by atoms with Gasteiger partial charge in [0, 0.05) is 36.9 Å². The Kier molecular flexibility index (Phi) is 7.08. The SMILES string of the molecule is CC[C@@H](Nc1cccc(OC)c1)C(=O)NCC(C)(C)N1CCOCC1. The molecule has 1 aromatic carbocycles. The van der Waals surface area contributed by atoms with Gasteiger partial charge in [0.1, 0.15) is 11.8 Å². The van der Waals surface area contributed by atoms with Gasteiger partial charge in [-0.1, -0.05) is 13.0 Å². The average molecular weight is 349 g/mol. The highest BCUT2D eigenvalue weighted by molar-refractivity contribution is 5.84. The van der Waals surface area contributed by atoms with E-state index in [1.165, 1.54) is 0 Å². The van der Waals surface area contributed by atoms with E-state index in [4.69, 9.17) is 9.47 Å². The number of benzene rings is 1. The number of nitrogens with one attached hydrogen (secondary N) is 2. The molecular weight excluding hydrogens is 318 g/mol. The first-order chi connectivity index (χ1) is 12.0. The van der Waals surface area contributed by atoms with Gasteiger partial charge in [-0.05, 0) is 32.4 Å². The highest BCUT2D eigenvalue weighted by Gasteiger charge is 2.29. The molecule has 0 aliphatic carbocycles.